The lowest BCUT2D eigenvalue weighted by atomic mass is 9.82. The first-order valence-electron chi connectivity index (χ1n) is 7.72. The molecule has 0 aliphatic heterocycles. The average molecular weight is 282 g/mol. The van der Waals surface area contributed by atoms with Crippen LogP contribution in [0, 0.1) is 0 Å². The van der Waals surface area contributed by atoms with Crippen LogP contribution in [0.1, 0.15) is 37.7 Å². The van der Waals surface area contributed by atoms with Gasteiger partial charge in [0.05, 0.1) is 5.54 Å². The summed E-state index contributed by atoms with van der Waals surface area (Å²) in [6.07, 6.45) is 4.91. The number of carbonyl (C=O) groups excluding carboxylic acids is 1. The second kappa shape index (κ2) is 5.86. The average Bonchev–Trinajstić information content (AvgIpc) is 2.53. The van der Waals surface area contributed by atoms with Crippen LogP contribution in [-0.4, -0.2) is 11.4 Å². The Bertz CT molecular complexity index is 644. The van der Waals surface area contributed by atoms with Gasteiger partial charge in [0, 0.05) is 6.54 Å². The highest BCUT2D eigenvalue weighted by atomic mass is 16.2. The van der Waals surface area contributed by atoms with E-state index in [1.54, 1.807) is 0 Å². The molecule has 0 heterocycles. The predicted octanol–water partition coefficient (Wildman–Crippen LogP) is 3.12. The molecule has 0 saturated heterocycles. The molecule has 0 atom stereocenters. The van der Waals surface area contributed by atoms with E-state index < -0.39 is 5.54 Å². The van der Waals surface area contributed by atoms with Crippen LogP contribution in [0.5, 0.6) is 0 Å². The first kappa shape index (κ1) is 14.1. The maximum atomic E-state index is 12.3. The lowest BCUT2D eigenvalue weighted by Crippen LogP contribution is -2.54. The van der Waals surface area contributed by atoms with E-state index in [-0.39, 0.29) is 5.91 Å². The molecular weight excluding hydrogens is 260 g/mol. The van der Waals surface area contributed by atoms with Crippen LogP contribution in [0.4, 0.5) is 0 Å². The number of benzene rings is 2. The molecule has 110 valence electrons. The van der Waals surface area contributed by atoms with Crippen molar-refractivity contribution in [2.75, 3.05) is 0 Å². The number of carbonyl (C=O) groups is 1. The molecule has 2 aromatic carbocycles. The van der Waals surface area contributed by atoms with Gasteiger partial charge in [-0.1, -0.05) is 55.7 Å². The second-order valence-corrected chi connectivity index (χ2v) is 6.08. The van der Waals surface area contributed by atoms with E-state index in [0.29, 0.717) is 6.54 Å². The molecular formula is C18H22N2O. The van der Waals surface area contributed by atoms with E-state index in [1.807, 2.05) is 12.1 Å². The predicted molar refractivity (Wildman–Crippen MR) is 85.8 cm³/mol. The molecule has 3 heteroatoms. The molecule has 0 spiro atoms. The quantitative estimate of drug-likeness (QED) is 0.908. The Labute approximate surface area is 125 Å². The Kier molecular flexibility index (Phi) is 3.93. The van der Waals surface area contributed by atoms with Gasteiger partial charge in [-0.25, -0.2) is 0 Å². The lowest BCUT2D eigenvalue weighted by Gasteiger charge is -2.31. The maximum Gasteiger partial charge on any atom is 0.240 e. The molecule has 0 bridgehead atoms. The Morgan fingerprint density at radius 2 is 1.76 bits per heavy atom. The van der Waals surface area contributed by atoms with Crippen LogP contribution in [0.15, 0.2) is 42.5 Å². The summed E-state index contributed by atoms with van der Waals surface area (Å²) in [5.74, 6) is -0.00430. The van der Waals surface area contributed by atoms with E-state index in [2.05, 4.69) is 35.6 Å². The maximum absolute atomic E-state index is 12.3. The molecule has 3 nitrogen and oxygen atoms in total. The topological polar surface area (TPSA) is 55.1 Å². The van der Waals surface area contributed by atoms with Crippen LogP contribution in [-0.2, 0) is 11.3 Å². The molecule has 21 heavy (non-hydrogen) atoms. The standard InChI is InChI=1S/C18H22N2O/c19-18(10-4-1-5-11-18)17(21)20-13-14-8-9-15-6-2-3-7-16(15)12-14/h2-3,6-9,12H,1,4-5,10-11,13,19H2,(H,20,21). The largest absolute Gasteiger partial charge is 0.350 e. The zero-order chi connectivity index (χ0) is 14.7. The van der Waals surface area contributed by atoms with Gasteiger partial charge in [0.1, 0.15) is 0 Å². The van der Waals surface area contributed by atoms with E-state index >= 15 is 0 Å². The summed E-state index contributed by atoms with van der Waals surface area (Å²) >= 11 is 0. The van der Waals surface area contributed by atoms with Gasteiger partial charge in [-0.3, -0.25) is 4.79 Å². The highest BCUT2D eigenvalue weighted by Crippen LogP contribution is 2.26. The van der Waals surface area contributed by atoms with Crippen LogP contribution in [0.3, 0.4) is 0 Å². The molecule has 1 aliphatic rings. The van der Waals surface area contributed by atoms with E-state index in [4.69, 9.17) is 5.73 Å². The molecule has 1 aliphatic carbocycles. The van der Waals surface area contributed by atoms with Crippen LogP contribution >= 0.6 is 0 Å². The summed E-state index contributed by atoms with van der Waals surface area (Å²) in [6, 6.07) is 14.5. The summed E-state index contributed by atoms with van der Waals surface area (Å²) in [5, 5.41) is 5.43. The SMILES string of the molecule is NC1(C(=O)NCc2ccc3ccccc3c2)CCCCC1. The normalized spacial score (nSPS) is 17.6. The summed E-state index contributed by atoms with van der Waals surface area (Å²) in [5.41, 5.74) is 6.70. The number of hydrogen-bond donors (Lipinski definition) is 2. The van der Waals surface area contributed by atoms with Gasteiger partial charge in [0.15, 0.2) is 0 Å². The minimum atomic E-state index is -0.658. The number of rotatable bonds is 3. The number of amides is 1. The molecule has 1 fully saturated rings. The monoisotopic (exact) mass is 282 g/mol. The van der Waals surface area contributed by atoms with Gasteiger partial charge in [0.2, 0.25) is 5.91 Å². The molecule has 0 aromatic heterocycles. The molecule has 0 unspecified atom stereocenters. The van der Waals surface area contributed by atoms with Crippen molar-refractivity contribution in [2.45, 2.75) is 44.2 Å². The third kappa shape index (κ3) is 3.08. The number of hydrogen-bond acceptors (Lipinski definition) is 2. The Morgan fingerprint density at radius 1 is 1.05 bits per heavy atom. The molecule has 3 N–H and O–H groups in total. The third-order valence-corrected chi connectivity index (χ3v) is 4.46. The van der Waals surface area contributed by atoms with E-state index in [9.17, 15) is 4.79 Å². The van der Waals surface area contributed by atoms with Crippen molar-refractivity contribution >= 4 is 16.7 Å². The molecule has 1 amide bonds. The molecule has 0 radical (unpaired) electrons. The van der Waals surface area contributed by atoms with Gasteiger partial charge in [0.25, 0.3) is 0 Å². The van der Waals surface area contributed by atoms with Crippen LogP contribution in [0.2, 0.25) is 0 Å². The highest BCUT2D eigenvalue weighted by Gasteiger charge is 2.34. The van der Waals surface area contributed by atoms with Crippen LogP contribution in [0.25, 0.3) is 10.8 Å². The first-order valence-corrected chi connectivity index (χ1v) is 7.72. The second-order valence-electron chi connectivity index (χ2n) is 6.08. The number of nitrogens with one attached hydrogen (secondary N) is 1. The smallest absolute Gasteiger partial charge is 0.240 e. The zero-order valence-corrected chi connectivity index (χ0v) is 12.3. The van der Waals surface area contributed by atoms with Crippen molar-refractivity contribution in [3.8, 4) is 0 Å². The Hall–Kier alpha value is -1.87. The summed E-state index contributed by atoms with van der Waals surface area (Å²) in [4.78, 5) is 12.3. The number of fused-ring (bicyclic) bond motifs is 1. The van der Waals surface area contributed by atoms with Gasteiger partial charge in [-0.15, -0.1) is 0 Å². The number of nitrogens with two attached hydrogens (primary N) is 1. The van der Waals surface area contributed by atoms with Gasteiger partial charge in [-0.05, 0) is 35.2 Å². The van der Waals surface area contributed by atoms with Gasteiger partial charge >= 0.3 is 0 Å². The fourth-order valence-electron chi connectivity index (χ4n) is 3.12. The summed E-state index contributed by atoms with van der Waals surface area (Å²) in [6.45, 7) is 0.544. The van der Waals surface area contributed by atoms with Gasteiger partial charge in [-0.2, -0.15) is 0 Å². The van der Waals surface area contributed by atoms with Crippen molar-refractivity contribution in [1.29, 1.82) is 0 Å². The Balaban J connectivity index is 1.67. The fraction of sp³-hybridized carbons (Fsp3) is 0.389. The minimum absolute atomic E-state index is 0.00430. The van der Waals surface area contributed by atoms with E-state index in [1.165, 1.54) is 17.2 Å². The first-order chi connectivity index (χ1) is 10.2. The minimum Gasteiger partial charge on any atom is -0.350 e. The van der Waals surface area contributed by atoms with Crippen molar-refractivity contribution in [2.24, 2.45) is 5.73 Å². The fourth-order valence-corrected chi connectivity index (χ4v) is 3.12. The molecule has 1 saturated carbocycles. The van der Waals surface area contributed by atoms with Crippen molar-refractivity contribution in [3.63, 3.8) is 0 Å². The summed E-state index contributed by atoms with van der Waals surface area (Å²) < 4.78 is 0. The van der Waals surface area contributed by atoms with Crippen molar-refractivity contribution < 1.29 is 4.79 Å². The lowest BCUT2D eigenvalue weighted by molar-refractivity contribution is -0.127. The summed E-state index contributed by atoms with van der Waals surface area (Å²) in [7, 11) is 0. The zero-order valence-electron chi connectivity index (χ0n) is 12.3. The van der Waals surface area contributed by atoms with Gasteiger partial charge < -0.3 is 11.1 Å². The molecule has 2 aromatic rings. The van der Waals surface area contributed by atoms with Crippen LogP contribution < -0.4 is 11.1 Å². The van der Waals surface area contributed by atoms with E-state index in [0.717, 1.165) is 31.2 Å². The third-order valence-electron chi connectivity index (χ3n) is 4.46. The highest BCUT2D eigenvalue weighted by molar-refractivity contribution is 5.86. The Morgan fingerprint density at radius 3 is 2.52 bits per heavy atom. The van der Waals surface area contributed by atoms with Crippen molar-refractivity contribution in [1.82, 2.24) is 5.32 Å². The molecule has 3 rings (SSSR count). The van der Waals surface area contributed by atoms with Crippen molar-refractivity contribution in [3.05, 3.63) is 48.0 Å².